The average molecular weight is 247 g/mol. The number of ether oxygens (including phenoxy) is 2. The Hall–Kier alpha value is -1.22. The lowest BCUT2D eigenvalue weighted by atomic mass is 9.79. The summed E-state index contributed by atoms with van der Waals surface area (Å²) in [6.07, 6.45) is 5.36. The molecule has 0 spiro atoms. The smallest absolute Gasteiger partial charge is 0.166 e. The molecule has 3 heteroatoms. The highest BCUT2D eigenvalue weighted by atomic mass is 16.6. The number of fused-ring (bicyclic) bond motifs is 1. The van der Waals surface area contributed by atoms with Crippen LogP contribution in [0.25, 0.3) is 0 Å². The minimum Gasteiger partial charge on any atom is -0.486 e. The molecule has 1 saturated carbocycles. The van der Waals surface area contributed by atoms with Gasteiger partial charge < -0.3 is 14.8 Å². The first-order chi connectivity index (χ1) is 8.88. The van der Waals surface area contributed by atoms with Gasteiger partial charge in [-0.05, 0) is 25.5 Å². The van der Waals surface area contributed by atoms with Gasteiger partial charge in [0, 0.05) is 11.6 Å². The van der Waals surface area contributed by atoms with Crippen molar-refractivity contribution in [2.75, 3.05) is 20.3 Å². The maximum Gasteiger partial charge on any atom is 0.166 e. The molecule has 0 aromatic heterocycles. The monoisotopic (exact) mass is 247 g/mol. The molecule has 1 heterocycles. The van der Waals surface area contributed by atoms with Crippen LogP contribution < -0.4 is 14.8 Å². The van der Waals surface area contributed by atoms with E-state index in [-0.39, 0.29) is 0 Å². The minimum atomic E-state index is 0.381. The molecular weight excluding hydrogens is 226 g/mol. The van der Waals surface area contributed by atoms with Crippen molar-refractivity contribution in [2.24, 2.45) is 5.92 Å². The lowest BCUT2D eigenvalue weighted by molar-refractivity contribution is 0.167. The first-order valence-electron chi connectivity index (χ1n) is 6.94. The van der Waals surface area contributed by atoms with Crippen LogP contribution in [0.3, 0.4) is 0 Å². The van der Waals surface area contributed by atoms with Gasteiger partial charge in [-0.3, -0.25) is 0 Å². The Morgan fingerprint density at radius 1 is 1.28 bits per heavy atom. The van der Waals surface area contributed by atoms with Crippen LogP contribution in [-0.2, 0) is 0 Å². The number of nitrogens with one attached hydrogen (secondary N) is 1. The normalized spacial score (nSPS) is 20.3. The molecule has 1 aliphatic carbocycles. The predicted molar refractivity (Wildman–Crippen MR) is 71.2 cm³/mol. The molecule has 1 fully saturated rings. The van der Waals surface area contributed by atoms with Gasteiger partial charge in [-0.25, -0.2) is 0 Å². The highest BCUT2D eigenvalue weighted by Gasteiger charge is 2.26. The summed E-state index contributed by atoms with van der Waals surface area (Å²) in [5, 5.41) is 3.43. The lowest BCUT2D eigenvalue weighted by Gasteiger charge is -2.31. The van der Waals surface area contributed by atoms with Crippen LogP contribution >= 0.6 is 0 Å². The maximum atomic E-state index is 5.81. The van der Waals surface area contributed by atoms with E-state index in [9.17, 15) is 0 Å². The fourth-order valence-corrected chi connectivity index (χ4v) is 2.83. The van der Waals surface area contributed by atoms with Gasteiger partial charge in [0.15, 0.2) is 11.5 Å². The topological polar surface area (TPSA) is 30.5 Å². The fourth-order valence-electron chi connectivity index (χ4n) is 2.83. The molecule has 1 aromatic carbocycles. The van der Waals surface area contributed by atoms with Crippen molar-refractivity contribution >= 4 is 0 Å². The fraction of sp³-hybridized carbons (Fsp3) is 0.600. The Morgan fingerprint density at radius 3 is 2.83 bits per heavy atom. The number of benzene rings is 1. The molecule has 1 aromatic rings. The van der Waals surface area contributed by atoms with Crippen LogP contribution in [0.2, 0.25) is 0 Å². The predicted octanol–water partition coefficient (Wildman–Crippen LogP) is 2.91. The summed E-state index contributed by atoms with van der Waals surface area (Å²) in [4.78, 5) is 0. The Labute approximate surface area is 108 Å². The number of para-hydroxylation sites is 1. The summed E-state index contributed by atoms with van der Waals surface area (Å²) in [5.41, 5.74) is 1.25. The molecule has 1 unspecified atom stereocenters. The van der Waals surface area contributed by atoms with E-state index in [0.29, 0.717) is 19.3 Å². The zero-order valence-electron chi connectivity index (χ0n) is 10.9. The van der Waals surface area contributed by atoms with Gasteiger partial charge in [0.05, 0.1) is 0 Å². The number of hydrogen-bond acceptors (Lipinski definition) is 3. The van der Waals surface area contributed by atoms with Crippen molar-refractivity contribution in [3.63, 3.8) is 0 Å². The summed E-state index contributed by atoms with van der Waals surface area (Å²) in [7, 11) is 2.03. The first-order valence-corrected chi connectivity index (χ1v) is 6.94. The lowest BCUT2D eigenvalue weighted by Crippen LogP contribution is -2.25. The SMILES string of the molecule is CNC(CC1CCC1)c1cccc2c1OCCO2. The van der Waals surface area contributed by atoms with Gasteiger partial charge in [-0.2, -0.15) is 0 Å². The van der Waals surface area contributed by atoms with Crippen LogP contribution in [0.4, 0.5) is 0 Å². The summed E-state index contributed by atoms with van der Waals surface area (Å²) >= 11 is 0. The van der Waals surface area contributed by atoms with E-state index >= 15 is 0 Å². The third-order valence-corrected chi connectivity index (χ3v) is 4.11. The van der Waals surface area contributed by atoms with Gasteiger partial charge in [-0.15, -0.1) is 0 Å². The highest BCUT2D eigenvalue weighted by molar-refractivity contribution is 5.48. The Bertz CT molecular complexity index is 415. The van der Waals surface area contributed by atoms with Crippen LogP contribution in [0.1, 0.15) is 37.3 Å². The van der Waals surface area contributed by atoms with E-state index < -0.39 is 0 Å². The zero-order chi connectivity index (χ0) is 12.4. The van der Waals surface area contributed by atoms with E-state index in [1.165, 1.54) is 31.2 Å². The second kappa shape index (κ2) is 5.19. The minimum absolute atomic E-state index is 0.381. The van der Waals surface area contributed by atoms with Gasteiger partial charge in [-0.1, -0.05) is 31.4 Å². The summed E-state index contributed by atoms with van der Waals surface area (Å²) in [5.74, 6) is 2.72. The van der Waals surface area contributed by atoms with E-state index in [4.69, 9.17) is 9.47 Å². The Balaban J connectivity index is 1.84. The molecule has 0 bridgehead atoms. The second-order valence-corrected chi connectivity index (χ2v) is 5.25. The van der Waals surface area contributed by atoms with E-state index in [0.717, 1.165) is 17.4 Å². The number of rotatable bonds is 4. The molecule has 98 valence electrons. The molecule has 3 rings (SSSR count). The molecule has 3 nitrogen and oxygen atoms in total. The standard InChI is InChI=1S/C15H21NO2/c1-16-13(10-11-4-2-5-11)12-6-3-7-14-15(12)18-9-8-17-14/h3,6-7,11,13,16H,2,4-5,8-10H2,1H3. The first kappa shape index (κ1) is 11.8. The average Bonchev–Trinajstić information content (AvgIpc) is 2.38. The van der Waals surface area contributed by atoms with Crippen LogP contribution in [-0.4, -0.2) is 20.3 Å². The van der Waals surface area contributed by atoms with E-state index in [1.54, 1.807) is 0 Å². The van der Waals surface area contributed by atoms with Crippen LogP contribution in [0.5, 0.6) is 11.5 Å². The van der Waals surface area contributed by atoms with Crippen LogP contribution in [0, 0.1) is 5.92 Å². The number of hydrogen-bond donors (Lipinski definition) is 1. The third-order valence-electron chi connectivity index (χ3n) is 4.11. The van der Waals surface area contributed by atoms with Crippen molar-refractivity contribution in [3.8, 4) is 11.5 Å². The largest absolute Gasteiger partial charge is 0.486 e. The summed E-state index contributed by atoms with van der Waals surface area (Å²) in [6, 6.07) is 6.60. The van der Waals surface area contributed by atoms with Crippen molar-refractivity contribution in [3.05, 3.63) is 23.8 Å². The second-order valence-electron chi connectivity index (χ2n) is 5.25. The van der Waals surface area contributed by atoms with Gasteiger partial charge in [0.2, 0.25) is 0 Å². The third kappa shape index (κ3) is 2.19. The van der Waals surface area contributed by atoms with E-state index in [1.807, 2.05) is 13.1 Å². The quantitative estimate of drug-likeness (QED) is 0.887. The van der Waals surface area contributed by atoms with Crippen molar-refractivity contribution in [2.45, 2.75) is 31.7 Å². The van der Waals surface area contributed by atoms with Gasteiger partial charge in [0.1, 0.15) is 13.2 Å². The van der Waals surface area contributed by atoms with Crippen molar-refractivity contribution in [1.82, 2.24) is 5.32 Å². The van der Waals surface area contributed by atoms with Crippen molar-refractivity contribution in [1.29, 1.82) is 0 Å². The molecule has 1 aliphatic heterocycles. The van der Waals surface area contributed by atoms with Crippen LogP contribution in [0.15, 0.2) is 18.2 Å². The summed E-state index contributed by atoms with van der Waals surface area (Å²) in [6.45, 7) is 1.31. The molecule has 0 amide bonds. The molecule has 0 saturated heterocycles. The maximum absolute atomic E-state index is 5.81. The van der Waals surface area contributed by atoms with E-state index in [2.05, 4.69) is 17.4 Å². The molecular formula is C15H21NO2. The van der Waals surface area contributed by atoms with Crippen molar-refractivity contribution < 1.29 is 9.47 Å². The molecule has 2 aliphatic rings. The molecule has 1 atom stereocenters. The Morgan fingerprint density at radius 2 is 2.11 bits per heavy atom. The molecule has 18 heavy (non-hydrogen) atoms. The highest BCUT2D eigenvalue weighted by Crippen LogP contribution is 2.41. The molecule has 1 N–H and O–H groups in total. The van der Waals surface area contributed by atoms with Gasteiger partial charge >= 0.3 is 0 Å². The van der Waals surface area contributed by atoms with Gasteiger partial charge in [0.25, 0.3) is 0 Å². The molecule has 0 radical (unpaired) electrons. The summed E-state index contributed by atoms with van der Waals surface area (Å²) < 4.78 is 11.5. The zero-order valence-corrected chi connectivity index (χ0v) is 10.9. The Kier molecular flexibility index (Phi) is 3.41.